The quantitative estimate of drug-likeness (QED) is 0.405. The highest BCUT2D eigenvalue weighted by Crippen LogP contribution is 2.34. The van der Waals surface area contributed by atoms with Crippen molar-refractivity contribution in [1.29, 1.82) is 0 Å². The van der Waals surface area contributed by atoms with E-state index in [1.807, 2.05) is 0 Å². The number of nitrogens with zero attached hydrogens (tertiary/aromatic N) is 1. The van der Waals surface area contributed by atoms with E-state index in [4.69, 9.17) is 0 Å². The Bertz CT molecular complexity index is 496. The number of hydrogen-bond acceptors (Lipinski definition) is 2. The Balaban J connectivity index is 2.26. The Labute approximate surface area is 143 Å². The summed E-state index contributed by atoms with van der Waals surface area (Å²) in [4.78, 5) is 2.55. The number of alkyl halides is 1. The van der Waals surface area contributed by atoms with Gasteiger partial charge in [-0.25, -0.2) is 0 Å². The molecule has 2 rings (SSSR count). The topological polar surface area (TPSA) is 15.3 Å². The third kappa shape index (κ3) is 4.22. The fourth-order valence-corrected chi connectivity index (χ4v) is 3.42. The molecule has 0 spiro atoms. The van der Waals surface area contributed by atoms with Gasteiger partial charge in [0.25, 0.3) is 0 Å². The molecule has 2 nitrogen and oxygen atoms in total. The van der Waals surface area contributed by atoms with E-state index in [1.165, 1.54) is 46.1 Å². The molecular weight excluding hydrogens is 371 g/mol. The van der Waals surface area contributed by atoms with Crippen LogP contribution in [0.3, 0.4) is 0 Å². The molecule has 0 saturated heterocycles. The maximum atomic E-state index is 3.68. The van der Waals surface area contributed by atoms with Crippen molar-refractivity contribution in [2.24, 2.45) is 0 Å². The summed E-state index contributed by atoms with van der Waals surface area (Å²) in [5.74, 6) is 0. The highest BCUT2D eigenvalue weighted by Gasteiger charge is 2.24. The summed E-state index contributed by atoms with van der Waals surface area (Å²) in [6, 6.07) is 6.86. The first-order valence-corrected chi connectivity index (χ1v) is 9.55. The van der Waals surface area contributed by atoms with Crippen LogP contribution in [0.2, 0.25) is 0 Å². The van der Waals surface area contributed by atoms with Gasteiger partial charge in [-0.15, -0.1) is 0 Å². The summed E-state index contributed by atoms with van der Waals surface area (Å²) in [7, 11) is 0. The van der Waals surface area contributed by atoms with Crippen LogP contribution in [-0.2, 0) is 0 Å². The molecule has 1 aromatic carbocycles. The van der Waals surface area contributed by atoms with Crippen LogP contribution in [0.5, 0.6) is 0 Å². The van der Waals surface area contributed by atoms with E-state index in [0.29, 0.717) is 6.17 Å². The van der Waals surface area contributed by atoms with Gasteiger partial charge in [-0.1, -0.05) is 41.1 Å². The molecule has 0 amide bonds. The number of aryl methyl sites for hydroxylation is 1. The van der Waals surface area contributed by atoms with Crippen molar-refractivity contribution >= 4 is 33.9 Å². The summed E-state index contributed by atoms with van der Waals surface area (Å²) >= 11 is 2.47. The van der Waals surface area contributed by atoms with E-state index in [2.05, 4.69) is 77.9 Å². The number of benzene rings is 1. The maximum Gasteiger partial charge on any atom is 0.0992 e. The Morgan fingerprint density at radius 1 is 1.24 bits per heavy atom. The van der Waals surface area contributed by atoms with Crippen LogP contribution in [0, 0.1) is 6.92 Å². The van der Waals surface area contributed by atoms with E-state index in [9.17, 15) is 0 Å². The van der Waals surface area contributed by atoms with Crippen LogP contribution < -0.4 is 10.2 Å². The molecule has 0 aromatic heterocycles. The summed E-state index contributed by atoms with van der Waals surface area (Å²) in [5.41, 5.74) is 5.53. The lowest BCUT2D eigenvalue weighted by Gasteiger charge is -2.38. The lowest BCUT2D eigenvalue weighted by molar-refractivity contribution is 0.540. The molecule has 1 aromatic rings. The average molecular weight is 398 g/mol. The predicted molar refractivity (Wildman–Crippen MR) is 102 cm³/mol. The van der Waals surface area contributed by atoms with E-state index in [0.717, 1.165) is 13.1 Å². The van der Waals surface area contributed by atoms with Gasteiger partial charge in [-0.3, -0.25) is 5.32 Å². The zero-order valence-corrected chi connectivity index (χ0v) is 15.6. The predicted octanol–water partition coefficient (Wildman–Crippen LogP) is 4.76. The first-order chi connectivity index (χ1) is 10.2. The average Bonchev–Trinajstić information content (AvgIpc) is 2.48. The zero-order chi connectivity index (χ0) is 15.2. The Morgan fingerprint density at radius 2 is 2.05 bits per heavy atom. The second kappa shape index (κ2) is 8.18. The van der Waals surface area contributed by atoms with E-state index < -0.39 is 0 Å². The summed E-state index contributed by atoms with van der Waals surface area (Å²) in [6.07, 6.45) is 6.46. The Morgan fingerprint density at radius 3 is 2.76 bits per heavy atom. The first-order valence-electron chi connectivity index (χ1n) is 8.02. The van der Waals surface area contributed by atoms with Crippen LogP contribution in [0.15, 0.2) is 24.3 Å². The van der Waals surface area contributed by atoms with Gasteiger partial charge in [0.15, 0.2) is 0 Å². The second-order valence-corrected chi connectivity index (χ2v) is 6.94. The van der Waals surface area contributed by atoms with Crippen molar-refractivity contribution in [3.63, 3.8) is 0 Å². The third-order valence-electron chi connectivity index (χ3n) is 4.02. The first kappa shape index (κ1) is 16.8. The number of anilines is 1. The molecule has 116 valence electrons. The van der Waals surface area contributed by atoms with Gasteiger partial charge in [0.2, 0.25) is 0 Å². The van der Waals surface area contributed by atoms with Gasteiger partial charge in [0.05, 0.1) is 6.17 Å². The molecule has 1 heterocycles. The molecule has 0 saturated carbocycles. The van der Waals surface area contributed by atoms with Crippen LogP contribution in [0.4, 0.5) is 5.69 Å². The largest absolute Gasteiger partial charge is 0.352 e. The van der Waals surface area contributed by atoms with Gasteiger partial charge in [0.1, 0.15) is 0 Å². The minimum Gasteiger partial charge on any atom is -0.352 e. The second-order valence-electron chi connectivity index (χ2n) is 5.86. The number of hydrogen-bond donors (Lipinski definition) is 1. The van der Waals surface area contributed by atoms with Gasteiger partial charge < -0.3 is 4.90 Å². The molecule has 1 aliphatic rings. The lowest BCUT2D eigenvalue weighted by Crippen LogP contribution is -2.47. The Hall–Kier alpha value is -0.550. The van der Waals surface area contributed by atoms with Crippen molar-refractivity contribution < 1.29 is 0 Å². The van der Waals surface area contributed by atoms with E-state index in [1.54, 1.807) is 0 Å². The standard InChI is InChI=1S/C18H27IN2/c1-4-10-20-18-13-15(3)16-12-14(2)7-8-17(16)21(18)11-6-5-9-19/h7-8,12-13,18,20H,4-6,9-11H2,1-3H3. The maximum absolute atomic E-state index is 3.68. The van der Waals surface area contributed by atoms with Crippen molar-refractivity contribution in [3.8, 4) is 0 Å². The number of fused-ring (bicyclic) bond motifs is 1. The van der Waals surface area contributed by atoms with Crippen LogP contribution in [-0.4, -0.2) is 23.7 Å². The smallest absolute Gasteiger partial charge is 0.0992 e. The highest BCUT2D eigenvalue weighted by molar-refractivity contribution is 14.1. The molecule has 0 aliphatic carbocycles. The number of halogens is 1. The normalized spacial score (nSPS) is 17.6. The van der Waals surface area contributed by atoms with Crippen LogP contribution in [0.25, 0.3) is 5.57 Å². The fraction of sp³-hybridized carbons (Fsp3) is 0.556. The van der Waals surface area contributed by atoms with Crippen molar-refractivity contribution in [2.45, 2.75) is 46.2 Å². The van der Waals surface area contributed by atoms with Gasteiger partial charge in [-0.2, -0.15) is 0 Å². The molecule has 1 aliphatic heterocycles. The van der Waals surface area contributed by atoms with Crippen LogP contribution in [0.1, 0.15) is 44.2 Å². The van der Waals surface area contributed by atoms with Crippen molar-refractivity contribution in [3.05, 3.63) is 35.4 Å². The van der Waals surface area contributed by atoms with Gasteiger partial charge >= 0.3 is 0 Å². The molecule has 1 N–H and O–H groups in total. The summed E-state index contributed by atoms with van der Waals surface area (Å²) < 4.78 is 1.24. The molecule has 0 radical (unpaired) electrons. The molecule has 0 fully saturated rings. The number of allylic oxidation sites excluding steroid dienone is 1. The highest BCUT2D eigenvalue weighted by atomic mass is 127. The molecule has 3 heteroatoms. The van der Waals surface area contributed by atoms with E-state index >= 15 is 0 Å². The monoisotopic (exact) mass is 398 g/mol. The minimum atomic E-state index is 0.342. The SMILES string of the molecule is CCCNC1C=C(C)c2cc(C)ccc2N1CCCCI. The molecule has 1 unspecified atom stereocenters. The number of nitrogens with one attached hydrogen (secondary N) is 1. The van der Waals surface area contributed by atoms with Crippen molar-refractivity contribution in [2.75, 3.05) is 22.4 Å². The minimum absolute atomic E-state index is 0.342. The zero-order valence-electron chi connectivity index (χ0n) is 13.5. The van der Waals surface area contributed by atoms with Gasteiger partial charge in [0, 0.05) is 17.8 Å². The third-order valence-corrected chi connectivity index (χ3v) is 4.78. The van der Waals surface area contributed by atoms with Crippen molar-refractivity contribution in [1.82, 2.24) is 5.32 Å². The van der Waals surface area contributed by atoms with Crippen LogP contribution >= 0.6 is 22.6 Å². The molecular formula is C18H27IN2. The Kier molecular flexibility index (Phi) is 6.55. The fourth-order valence-electron chi connectivity index (χ4n) is 2.88. The summed E-state index contributed by atoms with van der Waals surface area (Å²) in [5, 5.41) is 3.68. The van der Waals surface area contributed by atoms with E-state index in [-0.39, 0.29) is 0 Å². The molecule has 0 bridgehead atoms. The number of unbranched alkanes of at least 4 members (excludes halogenated alkanes) is 1. The lowest BCUT2D eigenvalue weighted by atomic mass is 9.96. The van der Waals surface area contributed by atoms with Gasteiger partial charge in [-0.05, 0) is 67.9 Å². The number of rotatable bonds is 7. The summed E-state index contributed by atoms with van der Waals surface area (Å²) in [6.45, 7) is 8.84. The molecule has 21 heavy (non-hydrogen) atoms. The molecule has 1 atom stereocenters.